The maximum atomic E-state index is 14.9. The highest BCUT2D eigenvalue weighted by Gasteiger charge is 2.29. The number of benzene rings is 1. The standard InChI is InChI=1S/C20H22FN3O5S/c1-2-29-20(28)30-23-7-5-22(6-8-23)17-10-16-13(9-15(17)21)18(25)14(19(26)27)11-24(16)12-3-4-12/h9-12H,2-8H2,1H3,(H,26,27). The predicted molar refractivity (Wildman–Crippen MR) is 112 cm³/mol. The van der Waals surface area contributed by atoms with Crippen LogP contribution in [0, 0.1) is 5.82 Å². The molecular weight excluding hydrogens is 413 g/mol. The Morgan fingerprint density at radius 2 is 1.93 bits per heavy atom. The van der Waals surface area contributed by atoms with Crippen molar-refractivity contribution in [2.45, 2.75) is 25.8 Å². The summed E-state index contributed by atoms with van der Waals surface area (Å²) in [6.45, 7) is 4.19. The summed E-state index contributed by atoms with van der Waals surface area (Å²) in [4.78, 5) is 37.5. The molecule has 1 aromatic heterocycles. The Kier molecular flexibility index (Phi) is 5.70. The fourth-order valence-electron chi connectivity index (χ4n) is 3.68. The molecule has 0 atom stereocenters. The minimum atomic E-state index is -1.31. The van der Waals surface area contributed by atoms with E-state index in [1.54, 1.807) is 17.6 Å². The molecule has 1 aliphatic heterocycles. The first-order valence-electron chi connectivity index (χ1n) is 9.85. The lowest BCUT2D eigenvalue weighted by molar-refractivity contribution is 0.0694. The number of aromatic carboxylic acids is 1. The second-order valence-corrected chi connectivity index (χ2v) is 8.36. The molecule has 2 aliphatic rings. The molecular formula is C20H22FN3O5S. The Morgan fingerprint density at radius 1 is 1.23 bits per heavy atom. The Balaban J connectivity index is 1.63. The summed E-state index contributed by atoms with van der Waals surface area (Å²) >= 11 is 1.02. The number of hydrogen-bond donors (Lipinski definition) is 1. The van der Waals surface area contributed by atoms with Gasteiger partial charge in [-0.05, 0) is 31.9 Å². The van der Waals surface area contributed by atoms with E-state index >= 15 is 0 Å². The van der Waals surface area contributed by atoms with Gasteiger partial charge in [-0.25, -0.2) is 18.3 Å². The van der Waals surface area contributed by atoms with Crippen molar-refractivity contribution < 1.29 is 23.8 Å². The monoisotopic (exact) mass is 435 g/mol. The highest BCUT2D eigenvalue weighted by Crippen LogP contribution is 2.38. The third-order valence-electron chi connectivity index (χ3n) is 5.32. The van der Waals surface area contributed by atoms with Crippen LogP contribution in [-0.4, -0.2) is 58.0 Å². The number of nitrogens with zero attached hydrogens (tertiary/aromatic N) is 3. The van der Waals surface area contributed by atoms with Gasteiger partial charge in [0, 0.05) is 55.8 Å². The van der Waals surface area contributed by atoms with E-state index in [2.05, 4.69) is 0 Å². The Morgan fingerprint density at radius 3 is 2.53 bits per heavy atom. The van der Waals surface area contributed by atoms with Crippen molar-refractivity contribution in [3.8, 4) is 0 Å². The van der Waals surface area contributed by atoms with Crippen LogP contribution in [0.15, 0.2) is 23.1 Å². The molecule has 0 spiro atoms. The van der Waals surface area contributed by atoms with E-state index in [0.717, 1.165) is 30.9 Å². The molecule has 2 aromatic rings. The summed E-state index contributed by atoms with van der Waals surface area (Å²) in [5, 5.41) is 9.07. The number of halogens is 1. The van der Waals surface area contributed by atoms with Gasteiger partial charge in [0.1, 0.15) is 11.4 Å². The SMILES string of the molecule is CCOC(=O)SN1CCN(c2cc3c(cc2F)c(=O)c(C(=O)O)cn3C2CC2)CC1. The topological polar surface area (TPSA) is 92.1 Å². The summed E-state index contributed by atoms with van der Waals surface area (Å²) in [7, 11) is 0. The molecule has 1 aromatic carbocycles. The predicted octanol–water partition coefficient (Wildman–Crippen LogP) is 3.10. The van der Waals surface area contributed by atoms with Crippen LogP contribution in [0.4, 0.5) is 14.9 Å². The van der Waals surface area contributed by atoms with Gasteiger partial charge in [-0.3, -0.25) is 4.79 Å². The Labute approximate surface area is 176 Å². The zero-order chi connectivity index (χ0) is 21.4. The lowest BCUT2D eigenvalue weighted by Gasteiger charge is -2.35. The molecule has 4 rings (SSSR count). The number of pyridine rings is 1. The number of rotatable bonds is 5. The fraction of sp³-hybridized carbons (Fsp3) is 0.450. The number of carbonyl (C=O) groups excluding carboxylic acids is 1. The smallest absolute Gasteiger partial charge is 0.382 e. The quantitative estimate of drug-likeness (QED) is 0.566. The van der Waals surface area contributed by atoms with Crippen LogP contribution < -0.4 is 10.3 Å². The van der Waals surface area contributed by atoms with Crippen molar-refractivity contribution in [1.29, 1.82) is 0 Å². The van der Waals surface area contributed by atoms with Crippen molar-refractivity contribution in [3.63, 3.8) is 0 Å². The minimum absolute atomic E-state index is 0.0829. The molecule has 1 saturated heterocycles. The molecule has 1 N–H and O–H groups in total. The first-order valence-corrected chi connectivity index (χ1v) is 10.6. The molecule has 8 nitrogen and oxygen atoms in total. The van der Waals surface area contributed by atoms with Gasteiger partial charge in [-0.2, -0.15) is 0 Å². The number of hydrogen-bond acceptors (Lipinski definition) is 7. The van der Waals surface area contributed by atoms with E-state index < -0.39 is 17.2 Å². The molecule has 10 heteroatoms. The molecule has 0 amide bonds. The molecule has 0 radical (unpaired) electrons. The van der Waals surface area contributed by atoms with Crippen LogP contribution in [0.2, 0.25) is 0 Å². The van der Waals surface area contributed by atoms with Crippen LogP contribution in [0.25, 0.3) is 10.9 Å². The van der Waals surface area contributed by atoms with E-state index in [4.69, 9.17) is 4.74 Å². The van der Waals surface area contributed by atoms with Crippen LogP contribution in [0.1, 0.15) is 36.2 Å². The van der Waals surface area contributed by atoms with Crippen LogP contribution in [0.3, 0.4) is 0 Å². The molecule has 2 heterocycles. The summed E-state index contributed by atoms with van der Waals surface area (Å²) in [5.41, 5.74) is -0.0888. The number of ether oxygens (including phenoxy) is 1. The van der Waals surface area contributed by atoms with E-state index in [-0.39, 0.29) is 22.3 Å². The second kappa shape index (κ2) is 8.27. The number of carboxylic acid groups (broad SMARTS) is 1. The molecule has 30 heavy (non-hydrogen) atoms. The van der Waals surface area contributed by atoms with Crippen LogP contribution >= 0.6 is 11.9 Å². The van der Waals surface area contributed by atoms with Crippen LogP contribution in [-0.2, 0) is 4.74 Å². The van der Waals surface area contributed by atoms with Crippen molar-refractivity contribution in [3.05, 3.63) is 39.9 Å². The third-order valence-corrected chi connectivity index (χ3v) is 6.21. The Hall–Kier alpha value is -2.59. The van der Waals surface area contributed by atoms with Gasteiger partial charge in [0.15, 0.2) is 0 Å². The van der Waals surface area contributed by atoms with E-state index in [1.165, 1.54) is 6.20 Å². The van der Waals surface area contributed by atoms with E-state index in [1.807, 2.05) is 9.21 Å². The van der Waals surface area contributed by atoms with Gasteiger partial charge in [0.25, 0.3) is 0 Å². The number of anilines is 1. The summed E-state index contributed by atoms with van der Waals surface area (Å²) < 4.78 is 23.5. The fourth-order valence-corrected chi connectivity index (χ4v) is 4.41. The zero-order valence-electron chi connectivity index (χ0n) is 16.5. The van der Waals surface area contributed by atoms with Gasteiger partial charge in [-0.15, -0.1) is 0 Å². The number of aromatic nitrogens is 1. The normalized spacial score (nSPS) is 17.3. The largest absolute Gasteiger partial charge is 0.477 e. The number of carbonyl (C=O) groups is 2. The highest BCUT2D eigenvalue weighted by atomic mass is 32.2. The van der Waals surface area contributed by atoms with Crippen molar-refractivity contribution >= 4 is 39.8 Å². The van der Waals surface area contributed by atoms with Gasteiger partial charge in [0.2, 0.25) is 5.43 Å². The maximum absolute atomic E-state index is 14.9. The molecule has 1 saturated carbocycles. The third kappa shape index (κ3) is 4.01. The first kappa shape index (κ1) is 20.7. The maximum Gasteiger partial charge on any atom is 0.382 e. The second-order valence-electron chi connectivity index (χ2n) is 7.33. The molecule has 0 bridgehead atoms. The van der Waals surface area contributed by atoms with Gasteiger partial charge in [0.05, 0.1) is 17.8 Å². The van der Waals surface area contributed by atoms with E-state index in [9.17, 15) is 23.9 Å². The van der Waals surface area contributed by atoms with E-state index in [0.29, 0.717) is 44.0 Å². The average Bonchev–Trinajstić information content (AvgIpc) is 3.54. The number of piperazine rings is 1. The number of fused-ring (bicyclic) bond motifs is 1. The Bertz CT molecular complexity index is 1060. The average molecular weight is 435 g/mol. The lowest BCUT2D eigenvalue weighted by Crippen LogP contribution is -2.44. The van der Waals surface area contributed by atoms with Crippen LogP contribution in [0.5, 0.6) is 0 Å². The van der Waals surface area contributed by atoms with Gasteiger partial charge < -0.3 is 19.3 Å². The summed E-state index contributed by atoms with van der Waals surface area (Å²) in [6, 6.07) is 2.92. The minimum Gasteiger partial charge on any atom is -0.477 e. The molecule has 2 fully saturated rings. The van der Waals surface area contributed by atoms with Crippen molar-refractivity contribution in [1.82, 2.24) is 8.87 Å². The van der Waals surface area contributed by atoms with Gasteiger partial charge >= 0.3 is 11.3 Å². The molecule has 160 valence electrons. The number of carboxylic acids is 1. The highest BCUT2D eigenvalue weighted by molar-refractivity contribution is 8.11. The van der Waals surface area contributed by atoms with Crippen molar-refractivity contribution in [2.75, 3.05) is 37.7 Å². The zero-order valence-corrected chi connectivity index (χ0v) is 17.3. The lowest BCUT2D eigenvalue weighted by atomic mass is 10.1. The van der Waals surface area contributed by atoms with Crippen molar-refractivity contribution in [2.24, 2.45) is 0 Å². The molecule has 0 unspecified atom stereocenters. The summed E-state index contributed by atoms with van der Waals surface area (Å²) in [5.74, 6) is -1.87. The molecule has 1 aliphatic carbocycles. The van der Waals surface area contributed by atoms with Gasteiger partial charge in [-0.1, -0.05) is 0 Å². The summed E-state index contributed by atoms with van der Waals surface area (Å²) in [6.07, 6.45) is 3.17. The first-order chi connectivity index (χ1) is 14.4.